The molecular weight excluding hydrogens is 383 g/mol. The van der Waals surface area contributed by atoms with Gasteiger partial charge >= 0.3 is 0 Å². The summed E-state index contributed by atoms with van der Waals surface area (Å²) in [6.07, 6.45) is 0. The number of hydrogen-bond acceptors (Lipinski definition) is 4. The lowest BCUT2D eigenvalue weighted by molar-refractivity contribution is 0.312. The molecular formula is C16H21BrClFN4. The van der Waals surface area contributed by atoms with E-state index in [-0.39, 0.29) is 4.47 Å². The zero-order valence-electron chi connectivity index (χ0n) is 13.8. The maximum atomic E-state index is 14.4. The van der Waals surface area contributed by atoms with Gasteiger partial charge in [0.05, 0.1) is 9.50 Å². The average molecular weight is 404 g/mol. The van der Waals surface area contributed by atoms with Crippen LogP contribution in [0.2, 0.25) is 5.02 Å². The minimum absolute atomic E-state index is 0.249. The van der Waals surface area contributed by atoms with Crippen molar-refractivity contribution in [2.45, 2.75) is 20.8 Å². The van der Waals surface area contributed by atoms with Gasteiger partial charge in [-0.1, -0.05) is 25.4 Å². The number of piperazine rings is 1. The van der Waals surface area contributed by atoms with Gasteiger partial charge < -0.3 is 9.80 Å². The number of anilines is 1. The van der Waals surface area contributed by atoms with Crippen molar-refractivity contribution in [2.75, 3.05) is 38.1 Å². The third-order valence-corrected chi connectivity index (χ3v) is 5.02. The van der Waals surface area contributed by atoms with Crippen molar-refractivity contribution < 1.29 is 4.39 Å². The van der Waals surface area contributed by atoms with Crippen molar-refractivity contribution in [3.8, 4) is 0 Å². The second-order valence-corrected chi connectivity index (χ2v) is 6.47. The van der Waals surface area contributed by atoms with Crippen molar-refractivity contribution in [1.29, 1.82) is 0 Å². The van der Waals surface area contributed by atoms with E-state index in [1.807, 2.05) is 13.8 Å². The fourth-order valence-corrected chi connectivity index (χ4v) is 3.02. The minimum Gasteiger partial charge on any atom is -0.353 e. The summed E-state index contributed by atoms with van der Waals surface area (Å²) in [4.78, 5) is 13.2. The maximum Gasteiger partial charge on any atom is 0.165 e. The molecule has 3 rings (SSSR count). The van der Waals surface area contributed by atoms with Crippen LogP contribution < -0.4 is 4.90 Å². The number of likely N-dealkylation sites (N-methyl/N-ethyl adjacent to an activating group) is 1. The lowest BCUT2D eigenvalue weighted by atomic mass is 10.2. The first-order chi connectivity index (χ1) is 11.0. The fraction of sp³-hybridized carbons (Fsp3) is 0.500. The van der Waals surface area contributed by atoms with Gasteiger partial charge in [-0.3, -0.25) is 0 Å². The van der Waals surface area contributed by atoms with Crippen LogP contribution in [-0.4, -0.2) is 48.1 Å². The smallest absolute Gasteiger partial charge is 0.165 e. The highest BCUT2D eigenvalue weighted by atomic mass is 79.9. The quantitative estimate of drug-likeness (QED) is 0.666. The largest absolute Gasteiger partial charge is 0.353 e. The topological polar surface area (TPSA) is 32.3 Å². The highest BCUT2D eigenvalue weighted by Gasteiger charge is 2.21. The van der Waals surface area contributed by atoms with E-state index in [0.29, 0.717) is 21.7 Å². The lowest BCUT2D eigenvalue weighted by Crippen LogP contribution is -2.45. The van der Waals surface area contributed by atoms with Gasteiger partial charge in [-0.05, 0) is 36.0 Å². The third kappa shape index (κ3) is 3.75. The summed E-state index contributed by atoms with van der Waals surface area (Å²) < 4.78 is 14.6. The Balaban J connectivity index is 0.000000924. The highest BCUT2D eigenvalue weighted by molar-refractivity contribution is 9.10. The minimum atomic E-state index is -0.432. The van der Waals surface area contributed by atoms with E-state index < -0.39 is 5.82 Å². The molecule has 0 spiro atoms. The van der Waals surface area contributed by atoms with Crippen LogP contribution in [-0.2, 0) is 0 Å². The Hall–Kier alpha value is -0.980. The Morgan fingerprint density at radius 1 is 1.17 bits per heavy atom. The number of aryl methyl sites for hydroxylation is 1. The predicted octanol–water partition coefficient (Wildman–Crippen LogP) is 4.27. The van der Waals surface area contributed by atoms with E-state index in [4.69, 9.17) is 11.6 Å². The fourth-order valence-electron chi connectivity index (χ4n) is 2.52. The standard InChI is InChI=1S/C14H15BrClFN4.C2H6/c1-8-18-13-9(7-10(16)11(15)12(13)17)14(19-8)21-5-3-20(2)4-6-21;1-2/h7H,3-6H2,1-2H3;1-2H3. The van der Waals surface area contributed by atoms with E-state index in [0.717, 1.165) is 32.0 Å². The summed E-state index contributed by atoms with van der Waals surface area (Å²) in [7, 11) is 2.09. The van der Waals surface area contributed by atoms with Crippen molar-refractivity contribution in [3.05, 3.63) is 27.2 Å². The molecule has 7 heteroatoms. The van der Waals surface area contributed by atoms with Crippen LogP contribution in [0.15, 0.2) is 10.5 Å². The number of rotatable bonds is 1. The van der Waals surface area contributed by atoms with Crippen LogP contribution >= 0.6 is 27.5 Å². The molecule has 0 saturated carbocycles. The highest BCUT2D eigenvalue weighted by Crippen LogP contribution is 2.35. The zero-order chi connectivity index (χ0) is 17.1. The van der Waals surface area contributed by atoms with Crippen molar-refractivity contribution >= 4 is 44.3 Å². The SMILES string of the molecule is CC.Cc1nc(N2CCN(C)CC2)c2cc(Cl)c(Br)c(F)c2n1. The molecule has 1 fully saturated rings. The maximum absolute atomic E-state index is 14.4. The Kier molecular flexibility index (Phi) is 6.17. The number of hydrogen-bond donors (Lipinski definition) is 0. The van der Waals surface area contributed by atoms with E-state index in [9.17, 15) is 4.39 Å². The van der Waals surface area contributed by atoms with Gasteiger partial charge in [-0.15, -0.1) is 0 Å². The van der Waals surface area contributed by atoms with Crippen LogP contribution in [0, 0.1) is 12.7 Å². The molecule has 0 bridgehead atoms. The molecule has 2 aromatic rings. The Labute approximate surface area is 149 Å². The number of fused-ring (bicyclic) bond motifs is 1. The van der Waals surface area contributed by atoms with Crippen LogP contribution in [0.25, 0.3) is 10.9 Å². The van der Waals surface area contributed by atoms with Crippen molar-refractivity contribution in [1.82, 2.24) is 14.9 Å². The van der Waals surface area contributed by atoms with Crippen molar-refractivity contribution in [2.24, 2.45) is 0 Å². The van der Waals surface area contributed by atoms with Gasteiger partial charge in [-0.25, -0.2) is 14.4 Å². The predicted molar refractivity (Wildman–Crippen MR) is 98.0 cm³/mol. The van der Waals surface area contributed by atoms with Gasteiger partial charge in [0.2, 0.25) is 0 Å². The molecule has 23 heavy (non-hydrogen) atoms. The molecule has 0 atom stereocenters. The summed E-state index contributed by atoms with van der Waals surface area (Å²) in [6, 6.07) is 1.73. The molecule has 0 amide bonds. The number of halogens is 3. The Bertz CT molecular complexity index is 702. The van der Waals surface area contributed by atoms with Gasteiger partial charge in [-0.2, -0.15) is 0 Å². The molecule has 0 N–H and O–H groups in total. The summed E-state index contributed by atoms with van der Waals surface area (Å²) in [5.41, 5.74) is 0.313. The number of nitrogens with zero attached hydrogens (tertiary/aromatic N) is 4. The monoisotopic (exact) mass is 402 g/mol. The first kappa shape index (κ1) is 18.4. The zero-order valence-corrected chi connectivity index (χ0v) is 16.2. The number of benzene rings is 1. The Morgan fingerprint density at radius 3 is 2.39 bits per heavy atom. The van der Waals surface area contributed by atoms with Crippen LogP contribution in [0.3, 0.4) is 0 Å². The molecule has 126 valence electrons. The third-order valence-electron chi connectivity index (χ3n) is 3.72. The summed E-state index contributed by atoms with van der Waals surface area (Å²) in [5.74, 6) is 0.891. The van der Waals surface area contributed by atoms with E-state index in [2.05, 4.69) is 42.7 Å². The first-order valence-corrected chi connectivity index (χ1v) is 8.90. The van der Waals surface area contributed by atoms with Crippen LogP contribution in [0.4, 0.5) is 10.2 Å². The summed E-state index contributed by atoms with van der Waals surface area (Å²) in [5, 5.41) is 0.999. The molecule has 0 radical (unpaired) electrons. The second-order valence-electron chi connectivity index (χ2n) is 5.27. The van der Waals surface area contributed by atoms with Crippen LogP contribution in [0.5, 0.6) is 0 Å². The first-order valence-electron chi connectivity index (χ1n) is 7.72. The molecule has 1 aromatic heterocycles. The molecule has 1 aliphatic heterocycles. The molecule has 0 aliphatic carbocycles. The molecule has 1 aliphatic rings. The molecule has 0 unspecified atom stereocenters. The van der Waals surface area contributed by atoms with Gasteiger partial charge in [0.25, 0.3) is 0 Å². The van der Waals surface area contributed by atoms with E-state index >= 15 is 0 Å². The Morgan fingerprint density at radius 2 is 1.78 bits per heavy atom. The normalized spacial score (nSPS) is 15.5. The molecule has 2 heterocycles. The van der Waals surface area contributed by atoms with E-state index in [1.54, 1.807) is 13.0 Å². The van der Waals surface area contributed by atoms with Crippen LogP contribution in [0.1, 0.15) is 19.7 Å². The van der Waals surface area contributed by atoms with Gasteiger partial charge in [0.15, 0.2) is 5.82 Å². The lowest BCUT2D eigenvalue weighted by Gasteiger charge is -2.33. The van der Waals surface area contributed by atoms with Crippen molar-refractivity contribution in [3.63, 3.8) is 0 Å². The number of aromatic nitrogens is 2. The second kappa shape index (κ2) is 7.73. The summed E-state index contributed by atoms with van der Waals surface area (Å²) in [6.45, 7) is 9.41. The molecule has 1 saturated heterocycles. The summed E-state index contributed by atoms with van der Waals surface area (Å²) >= 11 is 9.26. The average Bonchev–Trinajstić information content (AvgIpc) is 2.56. The van der Waals surface area contributed by atoms with Gasteiger partial charge in [0, 0.05) is 31.6 Å². The molecule has 4 nitrogen and oxygen atoms in total. The molecule has 1 aromatic carbocycles. The van der Waals surface area contributed by atoms with E-state index in [1.165, 1.54) is 0 Å². The van der Waals surface area contributed by atoms with Gasteiger partial charge in [0.1, 0.15) is 17.2 Å².